The SMILES string of the molecule is CCCCCNC(=O)[C@H](Cc1ccc(OCC(=O)OC)c(C(=O)OC)c1)NC(=O)c1cccnc1. The molecule has 0 aliphatic carbocycles. The Labute approximate surface area is 204 Å². The molecule has 0 aliphatic rings. The summed E-state index contributed by atoms with van der Waals surface area (Å²) in [6.07, 6.45) is 5.87. The number of esters is 2. The Morgan fingerprint density at radius 3 is 2.51 bits per heavy atom. The molecule has 1 aromatic heterocycles. The van der Waals surface area contributed by atoms with Crippen molar-refractivity contribution in [1.29, 1.82) is 0 Å². The van der Waals surface area contributed by atoms with Crippen LogP contribution in [-0.2, 0) is 25.5 Å². The Morgan fingerprint density at radius 1 is 1.06 bits per heavy atom. The van der Waals surface area contributed by atoms with Crippen molar-refractivity contribution in [2.24, 2.45) is 0 Å². The van der Waals surface area contributed by atoms with Gasteiger partial charge in [-0.3, -0.25) is 14.6 Å². The van der Waals surface area contributed by atoms with Gasteiger partial charge in [0.25, 0.3) is 5.91 Å². The summed E-state index contributed by atoms with van der Waals surface area (Å²) >= 11 is 0. The molecule has 10 heteroatoms. The summed E-state index contributed by atoms with van der Waals surface area (Å²) in [6.45, 7) is 2.17. The first kappa shape index (κ1) is 27.3. The molecule has 188 valence electrons. The quantitative estimate of drug-likeness (QED) is 0.325. The van der Waals surface area contributed by atoms with Crippen LogP contribution in [0.4, 0.5) is 0 Å². The van der Waals surface area contributed by atoms with E-state index in [0.29, 0.717) is 17.7 Å². The number of methoxy groups -OCH3 is 2. The van der Waals surface area contributed by atoms with E-state index in [2.05, 4.69) is 27.3 Å². The number of benzene rings is 1. The first-order valence-electron chi connectivity index (χ1n) is 11.3. The molecule has 0 unspecified atom stereocenters. The lowest BCUT2D eigenvalue weighted by atomic mass is 10.0. The van der Waals surface area contributed by atoms with Crippen molar-refractivity contribution < 1.29 is 33.4 Å². The zero-order valence-corrected chi connectivity index (χ0v) is 20.2. The van der Waals surface area contributed by atoms with Gasteiger partial charge in [-0.05, 0) is 36.2 Å². The second-order valence-corrected chi connectivity index (χ2v) is 7.66. The van der Waals surface area contributed by atoms with Crippen molar-refractivity contribution in [2.75, 3.05) is 27.4 Å². The van der Waals surface area contributed by atoms with Crippen molar-refractivity contribution in [1.82, 2.24) is 15.6 Å². The number of hydrogen-bond acceptors (Lipinski definition) is 8. The first-order valence-corrected chi connectivity index (χ1v) is 11.3. The van der Waals surface area contributed by atoms with Gasteiger partial charge in [-0.2, -0.15) is 0 Å². The maximum atomic E-state index is 12.9. The smallest absolute Gasteiger partial charge is 0.343 e. The van der Waals surface area contributed by atoms with Gasteiger partial charge in [-0.25, -0.2) is 9.59 Å². The lowest BCUT2D eigenvalue weighted by molar-refractivity contribution is -0.142. The molecule has 0 aliphatic heterocycles. The third-order valence-electron chi connectivity index (χ3n) is 5.09. The van der Waals surface area contributed by atoms with Crippen LogP contribution in [0.25, 0.3) is 0 Å². The Bertz CT molecular complexity index is 1010. The predicted octanol–water partition coefficient (Wildman–Crippen LogP) is 2.07. The van der Waals surface area contributed by atoms with Crippen molar-refractivity contribution in [3.63, 3.8) is 0 Å². The Hall–Kier alpha value is -3.95. The van der Waals surface area contributed by atoms with Crippen molar-refractivity contribution in [2.45, 2.75) is 38.6 Å². The Balaban J connectivity index is 2.25. The third-order valence-corrected chi connectivity index (χ3v) is 5.09. The third kappa shape index (κ3) is 8.73. The summed E-state index contributed by atoms with van der Waals surface area (Å²) in [5.41, 5.74) is 0.976. The zero-order valence-electron chi connectivity index (χ0n) is 20.2. The predicted molar refractivity (Wildman–Crippen MR) is 127 cm³/mol. The fourth-order valence-electron chi connectivity index (χ4n) is 3.19. The molecular weight excluding hydrogens is 454 g/mol. The van der Waals surface area contributed by atoms with E-state index in [1.807, 2.05) is 0 Å². The number of rotatable bonds is 13. The van der Waals surface area contributed by atoms with E-state index < -0.39 is 23.9 Å². The minimum absolute atomic E-state index is 0.0783. The number of nitrogens with one attached hydrogen (secondary N) is 2. The lowest BCUT2D eigenvalue weighted by Gasteiger charge is -2.19. The molecule has 0 fully saturated rings. The minimum atomic E-state index is -0.906. The Morgan fingerprint density at radius 2 is 1.86 bits per heavy atom. The molecule has 10 nitrogen and oxygen atoms in total. The van der Waals surface area contributed by atoms with Gasteiger partial charge in [0.05, 0.1) is 19.8 Å². The van der Waals surface area contributed by atoms with Crippen LogP contribution < -0.4 is 15.4 Å². The molecule has 2 amide bonds. The molecular formula is C25H31N3O7. The number of ether oxygens (including phenoxy) is 3. The zero-order chi connectivity index (χ0) is 25.6. The van der Waals surface area contributed by atoms with Gasteiger partial charge in [-0.15, -0.1) is 0 Å². The minimum Gasteiger partial charge on any atom is -0.481 e. The molecule has 1 heterocycles. The van der Waals surface area contributed by atoms with E-state index in [9.17, 15) is 19.2 Å². The molecule has 0 spiro atoms. The highest BCUT2D eigenvalue weighted by Crippen LogP contribution is 2.22. The number of carbonyl (C=O) groups is 4. The number of nitrogens with zero attached hydrogens (tertiary/aromatic N) is 1. The van der Waals surface area contributed by atoms with Crippen molar-refractivity contribution in [3.05, 3.63) is 59.4 Å². The van der Waals surface area contributed by atoms with Gasteiger partial charge in [0.1, 0.15) is 17.4 Å². The number of amides is 2. The van der Waals surface area contributed by atoms with E-state index in [1.165, 1.54) is 32.5 Å². The van der Waals surface area contributed by atoms with Crippen molar-refractivity contribution >= 4 is 23.8 Å². The molecule has 0 radical (unpaired) electrons. The molecule has 1 atom stereocenters. The molecule has 2 rings (SSSR count). The standard InChI is InChI=1S/C25H31N3O7/c1-4-5-6-12-27-24(31)20(28-23(30)18-8-7-11-26-15-18)14-17-9-10-21(35-16-22(29)33-2)19(13-17)25(32)34-3/h7-11,13,15,20H,4-6,12,14,16H2,1-3H3,(H,27,31)(H,28,30)/t20-/m0/s1. The summed E-state index contributed by atoms with van der Waals surface area (Å²) in [4.78, 5) is 53.3. The highest BCUT2D eigenvalue weighted by Gasteiger charge is 2.23. The number of carbonyl (C=O) groups excluding carboxylic acids is 4. The molecule has 2 aromatic rings. The molecule has 0 saturated heterocycles. The highest BCUT2D eigenvalue weighted by atomic mass is 16.6. The van der Waals surface area contributed by atoms with E-state index in [1.54, 1.807) is 24.4 Å². The van der Waals surface area contributed by atoms with E-state index >= 15 is 0 Å². The maximum Gasteiger partial charge on any atom is 0.343 e. The topological polar surface area (TPSA) is 133 Å². The monoisotopic (exact) mass is 485 g/mol. The number of unbranched alkanes of at least 4 members (excludes halogenated alkanes) is 2. The fraction of sp³-hybridized carbons (Fsp3) is 0.400. The second-order valence-electron chi connectivity index (χ2n) is 7.66. The highest BCUT2D eigenvalue weighted by molar-refractivity contribution is 5.97. The van der Waals surface area contributed by atoms with Crippen LogP contribution in [-0.4, -0.2) is 62.2 Å². The number of pyridine rings is 1. The van der Waals surface area contributed by atoms with Gasteiger partial charge >= 0.3 is 11.9 Å². The Kier molecular flexibility index (Phi) is 11.2. The average molecular weight is 486 g/mol. The molecule has 35 heavy (non-hydrogen) atoms. The van der Waals surface area contributed by atoms with Gasteiger partial charge in [0.15, 0.2) is 6.61 Å². The molecule has 1 aromatic carbocycles. The summed E-state index contributed by atoms with van der Waals surface area (Å²) in [7, 11) is 2.45. The summed E-state index contributed by atoms with van der Waals surface area (Å²) in [5.74, 6) is -1.94. The average Bonchev–Trinajstić information content (AvgIpc) is 2.89. The van der Waals surface area contributed by atoms with Gasteiger partial charge < -0.3 is 24.8 Å². The normalized spacial score (nSPS) is 11.2. The first-order chi connectivity index (χ1) is 16.9. The fourth-order valence-corrected chi connectivity index (χ4v) is 3.19. The van der Waals surface area contributed by atoms with Crippen molar-refractivity contribution in [3.8, 4) is 5.75 Å². The molecule has 0 saturated carbocycles. The molecule has 2 N–H and O–H groups in total. The van der Waals surface area contributed by atoms with E-state index in [-0.39, 0.29) is 30.2 Å². The number of hydrogen-bond donors (Lipinski definition) is 2. The summed E-state index contributed by atoms with van der Waals surface area (Å²) < 4.78 is 14.8. The van der Waals surface area contributed by atoms with Crippen LogP contribution in [0, 0.1) is 0 Å². The van der Waals surface area contributed by atoms with Gasteiger partial charge in [0, 0.05) is 25.4 Å². The van der Waals surface area contributed by atoms with Crippen LogP contribution in [0.3, 0.4) is 0 Å². The van der Waals surface area contributed by atoms with Crippen LogP contribution in [0.2, 0.25) is 0 Å². The van der Waals surface area contributed by atoms with E-state index in [0.717, 1.165) is 19.3 Å². The lowest BCUT2D eigenvalue weighted by Crippen LogP contribution is -2.48. The van der Waals surface area contributed by atoms with Gasteiger partial charge in [0.2, 0.25) is 5.91 Å². The van der Waals surface area contributed by atoms with Gasteiger partial charge in [-0.1, -0.05) is 25.8 Å². The summed E-state index contributed by atoms with van der Waals surface area (Å²) in [6, 6.07) is 6.98. The largest absolute Gasteiger partial charge is 0.481 e. The van der Waals surface area contributed by atoms with Crippen LogP contribution >= 0.6 is 0 Å². The molecule has 0 bridgehead atoms. The van der Waals surface area contributed by atoms with Crippen LogP contribution in [0.5, 0.6) is 5.75 Å². The van der Waals surface area contributed by atoms with Crippen LogP contribution in [0.1, 0.15) is 52.5 Å². The number of aromatic nitrogens is 1. The van der Waals surface area contributed by atoms with E-state index in [4.69, 9.17) is 9.47 Å². The summed E-state index contributed by atoms with van der Waals surface area (Å²) in [5, 5.41) is 5.60. The maximum absolute atomic E-state index is 12.9. The second kappa shape index (κ2) is 14.3. The van der Waals surface area contributed by atoms with Crippen LogP contribution in [0.15, 0.2) is 42.7 Å².